The van der Waals surface area contributed by atoms with E-state index >= 15 is 0 Å². The summed E-state index contributed by atoms with van der Waals surface area (Å²) in [6.07, 6.45) is -3.17. The highest BCUT2D eigenvalue weighted by Gasteiger charge is 2.47. The summed E-state index contributed by atoms with van der Waals surface area (Å²) in [6.45, 7) is 1.72. The minimum Gasteiger partial charge on any atom is -0.476 e. The number of carboxylic acid groups (broad SMARTS) is 1. The molecule has 1 aliphatic rings. The summed E-state index contributed by atoms with van der Waals surface area (Å²) in [6, 6.07) is -1.41. The van der Waals surface area contributed by atoms with E-state index in [2.05, 4.69) is 15.5 Å². The molecular formula is C13H14F3N5O2. The van der Waals surface area contributed by atoms with Gasteiger partial charge in [0.2, 0.25) is 0 Å². The smallest absolute Gasteiger partial charge is 0.410 e. The Labute approximate surface area is 128 Å². The SMILES string of the molecule is Cc1nn(C)cc1[C@@H]1C[C@@H](C(F)(F)F)n2nc(C(=O)O)cc2N1. The first-order valence-electron chi connectivity index (χ1n) is 6.83. The molecule has 0 fully saturated rings. The lowest BCUT2D eigenvalue weighted by molar-refractivity contribution is -0.173. The molecule has 0 bridgehead atoms. The fraction of sp³-hybridized carbons (Fsp3) is 0.462. The molecule has 3 heterocycles. The number of anilines is 1. The Hall–Kier alpha value is -2.52. The van der Waals surface area contributed by atoms with Crippen LogP contribution in [-0.4, -0.2) is 36.8 Å². The molecule has 2 aromatic heterocycles. The van der Waals surface area contributed by atoms with Crippen LogP contribution in [-0.2, 0) is 7.05 Å². The van der Waals surface area contributed by atoms with Gasteiger partial charge in [0.1, 0.15) is 5.82 Å². The summed E-state index contributed by atoms with van der Waals surface area (Å²) in [5.41, 5.74) is 0.841. The number of hydrogen-bond donors (Lipinski definition) is 2. The Bertz CT molecular complexity index is 764. The number of halogens is 3. The number of nitrogens with zero attached hydrogens (tertiary/aromatic N) is 4. The van der Waals surface area contributed by atoms with Crippen LogP contribution in [0.1, 0.15) is 40.3 Å². The molecule has 0 radical (unpaired) electrons. The number of aryl methyl sites for hydroxylation is 2. The van der Waals surface area contributed by atoms with E-state index in [-0.39, 0.29) is 12.2 Å². The standard InChI is InChI=1S/C13H14F3N5O2/c1-6-7(5-20(2)18-6)8-3-10(13(14,15)16)21-11(17-8)4-9(19-21)12(22)23/h4-5,8,10,17H,3H2,1-2H3,(H,22,23)/t8-,10-/m0/s1. The number of fused-ring (bicyclic) bond motifs is 1. The van der Waals surface area contributed by atoms with Crippen LogP contribution in [0.2, 0.25) is 0 Å². The van der Waals surface area contributed by atoms with Crippen LogP contribution in [0.4, 0.5) is 19.0 Å². The zero-order valence-corrected chi connectivity index (χ0v) is 12.3. The average Bonchev–Trinajstić information content (AvgIpc) is 2.99. The van der Waals surface area contributed by atoms with Crippen LogP contribution < -0.4 is 5.32 Å². The lowest BCUT2D eigenvalue weighted by atomic mass is 9.97. The zero-order valence-electron chi connectivity index (χ0n) is 12.3. The molecular weight excluding hydrogens is 315 g/mol. The second-order valence-corrected chi connectivity index (χ2v) is 5.50. The maximum atomic E-state index is 13.4. The van der Waals surface area contributed by atoms with E-state index in [1.807, 2.05) is 0 Å². The average molecular weight is 329 g/mol. The summed E-state index contributed by atoms with van der Waals surface area (Å²) < 4.78 is 42.3. The molecule has 0 unspecified atom stereocenters. The van der Waals surface area contributed by atoms with Crippen molar-refractivity contribution in [2.75, 3.05) is 5.32 Å². The molecule has 0 amide bonds. The Morgan fingerprint density at radius 1 is 1.43 bits per heavy atom. The summed E-state index contributed by atoms with van der Waals surface area (Å²) >= 11 is 0. The molecule has 0 spiro atoms. The third-order valence-corrected chi connectivity index (χ3v) is 3.84. The third kappa shape index (κ3) is 2.64. The Morgan fingerprint density at radius 2 is 2.13 bits per heavy atom. The number of aromatic carboxylic acids is 1. The van der Waals surface area contributed by atoms with Gasteiger partial charge in [-0.1, -0.05) is 0 Å². The molecule has 3 rings (SSSR count). The van der Waals surface area contributed by atoms with Gasteiger partial charge in [-0.15, -0.1) is 0 Å². The lowest BCUT2D eigenvalue weighted by Crippen LogP contribution is -2.35. The third-order valence-electron chi connectivity index (χ3n) is 3.84. The molecule has 2 N–H and O–H groups in total. The highest BCUT2D eigenvalue weighted by Crippen LogP contribution is 2.43. The molecule has 2 atom stereocenters. The molecule has 124 valence electrons. The molecule has 10 heteroatoms. The summed E-state index contributed by atoms with van der Waals surface area (Å²) in [5, 5.41) is 19.6. The van der Waals surface area contributed by atoms with Gasteiger partial charge in [-0.25, -0.2) is 9.48 Å². The largest absolute Gasteiger partial charge is 0.476 e. The topological polar surface area (TPSA) is 85.0 Å². The Kier molecular flexibility index (Phi) is 3.34. The quantitative estimate of drug-likeness (QED) is 0.883. The van der Waals surface area contributed by atoms with Crippen molar-refractivity contribution in [1.29, 1.82) is 0 Å². The molecule has 0 saturated carbocycles. The minimum absolute atomic E-state index is 0.0317. The molecule has 0 aromatic carbocycles. The molecule has 0 aliphatic carbocycles. The van der Waals surface area contributed by atoms with E-state index in [1.54, 1.807) is 20.2 Å². The minimum atomic E-state index is -4.53. The predicted molar refractivity (Wildman–Crippen MR) is 73.2 cm³/mol. The van der Waals surface area contributed by atoms with E-state index in [4.69, 9.17) is 5.11 Å². The molecule has 23 heavy (non-hydrogen) atoms. The van der Waals surface area contributed by atoms with E-state index in [0.29, 0.717) is 15.9 Å². The number of rotatable bonds is 2. The lowest BCUT2D eigenvalue weighted by Gasteiger charge is -2.33. The number of alkyl halides is 3. The van der Waals surface area contributed by atoms with Crippen molar-refractivity contribution < 1.29 is 23.1 Å². The van der Waals surface area contributed by atoms with Crippen LogP contribution in [0.3, 0.4) is 0 Å². The Balaban J connectivity index is 2.05. The van der Waals surface area contributed by atoms with Gasteiger partial charge in [0, 0.05) is 31.3 Å². The maximum Gasteiger partial charge on any atom is 0.410 e. The molecule has 7 nitrogen and oxygen atoms in total. The van der Waals surface area contributed by atoms with Gasteiger partial charge >= 0.3 is 12.1 Å². The van der Waals surface area contributed by atoms with E-state index < -0.39 is 29.9 Å². The second-order valence-electron chi connectivity index (χ2n) is 5.50. The Morgan fingerprint density at radius 3 is 2.65 bits per heavy atom. The predicted octanol–water partition coefficient (Wildman–Crippen LogP) is 2.28. The number of nitrogens with one attached hydrogen (secondary N) is 1. The first kappa shape index (κ1) is 15.4. The van der Waals surface area contributed by atoms with Crippen molar-refractivity contribution in [3.63, 3.8) is 0 Å². The molecule has 0 saturated heterocycles. The van der Waals surface area contributed by atoms with Crippen molar-refractivity contribution >= 4 is 11.8 Å². The van der Waals surface area contributed by atoms with Gasteiger partial charge in [0.15, 0.2) is 11.7 Å². The summed E-state index contributed by atoms with van der Waals surface area (Å²) in [4.78, 5) is 11.0. The van der Waals surface area contributed by atoms with Crippen LogP contribution in [0, 0.1) is 6.92 Å². The second kappa shape index (κ2) is 5.00. The van der Waals surface area contributed by atoms with Crippen LogP contribution in [0.15, 0.2) is 12.3 Å². The van der Waals surface area contributed by atoms with Crippen molar-refractivity contribution in [2.24, 2.45) is 7.05 Å². The van der Waals surface area contributed by atoms with Gasteiger partial charge in [-0.2, -0.15) is 23.4 Å². The molecule has 1 aliphatic heterocycles. The first-order valence-corrected chi connectivity index (χ1v) is 6.83. The number of carboxylic acids is 1. The van der Waals surface area contributed by atoms with Crippen molar-refractivity contribution in [1.82, 2.24) is 19.6 Å². The highest BCUT2D eigenvalue weighted by atomic mass is 19.4. The van der Waals surface area contributed by atoms with Crippen LogP contribution >= 0.6 is 0 Å². The van der Waals surface area contributed by atoms with E-state index in [0.717, 1.165) is 6.07 Å². The van der Waals surface area contributed by atoms with Gasteiger partial charge in [0.25, 0.3) is 0 Å². The van der Waals surface area contributed by atoms with Crippen LogP contribution in [0.5, 0.6) is 0 Å². The normalized spacial score (nSPS) is 20.9. The summed E-state index contributed by atoms with van der Waals surface area (Å²) in [7, 11) is 1.69. The zero-order chi connectivity index (χ0) is 16.9. The van der Waals surface area contributed by atoms with Crippen molar-refractivity contribution in [3.05, 3.63) is 29.2 Å². The fourth-order valence-corrected chi connectivity index (χ4v) is 2.84. The number of aromatic nitrogens is 4. The van der Waals surface area contributed by atoms with Crippen molar-refractivity contribution in [2.45, 2.75) is 31.6 Å². The van der Waals surface area contributed by atoms with Crippen molar-refractivity contribution in [3.8, 4) is 0 Å². The number of hydrogen-bond acceptors (Lipinski definition) is 4. The van der Waals surface area contributed by atoms with E-state index in [1.165, 1.54) is 4.68 Å². The maximum absolute atomic E-state index is 13.4. The number of carbonyl (C=O) groups is 1. The van der Waals surface area contributed by atoms with Gasteiger partial charge in [-0.3, -0.25) is 4.68 Å². The first-order chi connectivity index (χ1) is 10.7. The van der Waals surface area contributed by atoms with Gasteiger partial charge in [0.05, 0.1) is 11.7 Å². The molecule has 2 aromatic rings. The van der Waals surface area contributed by atoms with Gasteiger partial charge < -0.3 is 10.4 Å². The van der Waals surface area contributed by atoms with Crippen LogP contribution in [0.25, 0.3) is 0 Å². The van der Waals surface area contributed by atoms with E-state index in [9.17, 15) is 18.0 Å². The highest BCUT2D eigenvalue weighted by molar-refractivity contribution is 5.86. The fourth-order valence-electron chi connectivity index (χ4n) is 2.84. The summed E-state index contributed by atoms with van der Waals surface area (Å²) in [5.74, 6) is -1.34. The van der Waals surface area contributed by atoms with Gasteiger partial charge in [-0.05, 0) is 6.92 Å². The monoisotopic (exact) mass is 329 g/mol.